The Morgan fingerprint density at radius 3 is 2.65 bits per heavy atom. The zero-order valence-electron chi connectivity index (χ0n) is 12.0. The fourth-order valence-corrected chi connectivity index (χ4v) is 3.34. The van der Waals surface area contributed by atoms with E-state index in [0.29, 0.717) is 5.91 Å². The SMILES string of the molecule is O=C([C@@H]1CCCN(Cc2ccncc2)C1)N1CCCC1. The summed E-state index contributed by atoms with van der Waals surface area (Å²) in [6.45, 7) is 4.90. The standard InChI is InChI=1S/C16H23N3O/c20-16(19-10-1-2-11-19)15-4-3-9-18(13-15)12-14-5-7-17-8-6-14/h5-8,15H,1-4,9-13H2/t15-/m1/s1. The molecular formula is C16H23N3O. The first-order chi connectivity index (χ1) is 9.83. The van der Waals surface area contributed by atoms with Gasteiger partial charge in [0.25, 0.3) is 0 Å². The van der Waals surface area contributed by atoms with Gasteiger partial charge in [0.1, 0.15) is 0 Å². The number of carbonyl (C=O) groups excluding carboxylic acids is 1. The topological polar surface area (TPSA) is 36.4 Å². The molecule has 0 N–H and O–H groups in total. The summed E-state index contributed by atoms with van der Waals surface area (Å²) in [6, 6.07) is 4.12. The van der Waals surface area contributed by atoms with Crippen molar-refractivity contribution >= 4 is 5.91 Å². The van der Waals surface area contributed by atoms with Gasteiger partial charge in [0.2, 0.25) is 5.91 Å². The molecule has 3 rings (SSSR count). The van der Waals surface area contributed by atoms with Crippen molar-refractivity contribution in [2.45, 2.75) is 32.2 Å². The van der Waals surface area contributed by atoms with Crippen LogP contribution in [-0.4, -0.2) is 46.9 Å². The fraction of sp³-hybridized carbons (Fsp3) is 0.625. The van der Waals surface area contributed by atoms with Gasteiger partial charge in [0.15, 0.2) is 0 Å². The van der Waals surface area contributed by atoms with Crippen LogP contribution in [0.1, 0.15) is 31.2 Å². The van der Waals surface area contributed by atoms with Crippen molar-refractivity contribution in [3.05, 3.63) is 30.1 Å². The Morgan fingerprint density at radius 2 is 1.90 bits per heavy atom. The number of likely N-dealkylation sites (tertiary alicyclic amines) is 2. The molecule has 108 valence electrons. The van der Waals surface area contributed by atoms with Gasteiger partial charge in [0.05, 0.1) is 5.92 Å². The number of amides is 1. The molecule has 0 spiro atoms. The van der Waals surface area contributed by atoms with Gasteiger partial charge >= 0.3 is 0 Å². The molecule has 0 aliphatic carbocycles. The highest BCUT2D eigenvalue weighted by atomic mass is 16.2. The third kappa shape index (κ3) is 3.18. The van der Waals surface area contributed by atoms with Gasteiger partial charge in [-0.2, -0.15) is 0 Å². The van der Waals surface area contributed by atoms with E-state index in [1.54, 1.807) is 0 Å². The summed E-state index contributed by atoms with van der Waals surface area (Å²) >= 11 is 0. The molecule has 0 bridgehead atoms. The first-order valence-electron chi connectivity index (χ1n) is 7.73. The van der Waals surface area contributed by atoms with Crippen molar-refractivity contribution < 1.29 is 4.79 Å². The second-order valence-electron chi connectivity index (χ2n) is 5.96. The molecule has 3 heterocycles. The van der Waals surface area contributed by atoms with Crippen LogP contribution in [0.25, 0.3) is 0 Å². The van der Waals surface area contributed by atoms with Crippen LogP contribution in [0.4, 0.5) is 0 Å². The minimum atomic E-state index is 0.212. The number of carbonyl (C=O) groups is 1. The van der Waals surface area contributed by atoms with E-state index in [9.17, 15) is 4.79 Å². The summed E-state index contributed by atoms with van der Waals surface area (Å²) in [5.41, 5.74) is 1.29. The van der Waals surface area contributed by atoms with E-state index in [2.05, 4.69) is 26.9 Å². The first kappa shape index (κ1) is 13.6. The first-order valence-corrected chi connectivity index (χ1v) is 7.73. The molecule has 1 atom stereocenters. The summed E-state index contributed by atoms with van der Waals surface area (Å²) in [5, 5.41) is 0. The Hall–Kier alpha value is -1.42. The maximum Gasteiger partial charge on any atom is 0.226 e. The van der Waals surface area contributed by atoms with E-state index < -0.39 is 0 Å². The predicted molar refractivity (Wildman–Crippen MR) is 78.1 cm³/mol. The maximum absolute atomic E-state index is 12.5. The van der Waals surface area contributed by atoms with Gasteiger partial charge in [-0.1, -0.05) is 0 Å². The van der Waals surface area contributed by atoms with Crippen LogP contribution in [0.15, 0.2) is 24.5 Å². The van der Waals surface area contributed by atoms with E-state index in [-0.39, 0.29) is 5.92 Å². The Kier molecular flexibility index (Phi) is 4.31. The highest BCUT2D eigenvalue weighted by molar-refractivity contribution is 5.79. The number of nitrogens with zero attached hydrogens (tertiary/aromatic N) is 3. The second-order valence-corrected chi connectivity index (χ2v) is 5.96. The highest BCUT2D eigenvalue weighted by Gasteiger charge is 2.30. The Balaban J connectivity index is 1.57. The van der Waals surface area contributed by atoms with Gasteiger partial charge in [-0.3, -0.25) is 14.7 Å². The molecule has 1 amide bonds. The molecule has 4 nitrogen and oxygen atoms in total. The molecule has 0 aromatic carbocycles. The number of piperidine rings is 1. The summed E-state index contributed by atoms with van der Waals surface area (Å²) in [5.74, 6) is 0.602. The number of hydrogen-bond donors (Lipinski definition) is 0. The van der Waals surface area contributed by atoms with Crippen molar-refractivity contribution in [3.63, 3.8) is 0 Å². The number of hydrogen-bond acceptors (Lipinski definition) is 3. The summed E-state index contributed by atoms with van der Waals surface area (Å²) in [7, 11) is 0. The zero-order chi connectivity index (χ0) is 13.8. The van der Waals surface area contributed by atoms with Crippen molar-refractivity contribution in [2.24, 2.45) is 5.92 Å². The summed E-state index contributed by atoms with van der Waals surface area (Å²) < 4.78 is 0. The number of pyridine rings is 1. The molecule has 0 radical (unpaired) electrons. The lowest BCUT2D eigenvalue weighted by molar-refractivity contribution is -0.136. The smallest absolute Gasteiger partial charge is 0.226 e. The summed E-state index contributed by atoms with van der Waals surface area (Å²) in [6.07, 6.45) is 8.23. The van der Waals surface area contributed by atoms with Crippen molar-refractivity contribution in [3.8, 4) is 0 Å². The van der Waals surface area contributed by atoms with Crippen molar-refractivity contribution in [1.29, 1.82) is 0 Å². The minimum absolute atomic E-state index is 0.212. The molecule has 4 heteroatoms. The van der Waals surface area contributed by atoms with E-state index in [1.165, 1.54) is 18.4 Å². The van der Waals surface area contributed by atoms with Crippen molar-refractivity contribution in [1.82, 2.24) is 14.8 Å². The van der Waals surface area contributed by atoms with Gasteiger partial charge < -0.3 is 4.90 Å². The number of aromatic nitrogens is 1. The number of rotatable bonds is 3. The average Bonchev–Trinajstić information content (AvgIpc) is 3.02. The van der Waals surface area contributed by atoms with Crippen LogP contribution in [0.2, 0.25) is 0 Å². The van der Waals surface area contributed by atoms with Crippen LogP contribution < -0.4 is 0 Å². The van der Waals surface area contributed by atoms with E-state index >= 15 is 0 Å². The van der Waals surface area contributed by atoms with Gasteiger partial charge in [-0.15, -0.1) is 0 Å². The molecule has 2 aliphatic rings. The lowest BCUT2D eigenvalue weighted by Gasteiger charge is -2.33. The molecule has 2 aliphatic heterocycles. The molecule has 2 saturated heterocycles. The van der Waals surface area contributed by atoms with Crippen LogP contribution >= 0.6 is 0 Å². The monoisotopic (exact) mass is 273 g/mol. The normalized spacial score (nSPS) is 24.0. The molecule has 0 saturated carbocycles. The Morgan fingerprint density at radius 1 is 1.15 bits per heavy atom. The molecular weight excluding hydrogens is 250 g/mol. The van der Waals surface area contributed by atoms with Crippen LogP contribution in [0.5, 0.6) is 0 Å². The maximum atomic E-state index is 12.5. The van der Waals surface area contributed by atoms with Gasteiger partial charge in [-0.25, -0.2) is 0 Å². The van der Waals surface area contributed by atoms with Gasteiger partial charge in [-0.05, 0) is 49.9 Å². The third-order valence-electron chi connectivity index (χ3n) is 4.43. The fourth-order valence-electron chi connectivity index (χ4n) is 3.34. The quantitative estimate of drug-likeness (QED) is 0.844. The molecule has 1 aromatic rings. The zero-order valence-corrected chi connectivity index (χ0v) is 12.0. The van der Waals surface area contributed by atoms with Crippen LogP contribution in [-0.2, 0) is 11.3 Å². The van der Waals surface area contributed by atoms with E-state index in [1.807, 2.05) is 12.4 Å². The molecule has 1 aromatic heterocycles. The third-order valence-corrected chi connectivity index (χ3v) is 4.43. The Bertz CT molecular complexity index is 442. The molecule has 20 heavy (non-hydrogen) atoms. The largest absolute Gasteiger partial charge is 0.342 e. The van der Waals surface area contributed by atoms with Crippen molar-refractivity contribution in [2.75, 3.05) is 26.2 Å². The van der Waals surface area contributed by atoms with E-state index in [0.717, 1.165) is 45.6 Å². The predicted octanol–water partition coefficient (Wildman–Crippen LogP) is 1.92. The van der Waals surface area contributed by atoms with Gasteiger partial charge in [0, 0.05) is 38.6 Å². The van der Waals surface area contributed by atoms with Crippen LogP contribution in [0.3, 0.4) is 0 Å². The lowest BCUT2D eigenvalue weighted by Crippen LogP contribution is -2.43. The average molecular weight is 273 g/mol. The Labute approximate surface area is 120 Å². The van der Waals surface area contributed by atoms with Crippen LogP contribution in [0, 0.1) is 5.92 Å². The summed E-state index contributed by atoms with van der Waals surface area (Å²) in [4.78, 5) is 21.0. The highest BCUT2D eigenvalue weighted by Crippen LogP contribution is 2.22. The van der Waals surface area contributed by atoms with E-state index in [4.69, 9.17) is 0 Å². The lowest BCUT2D eigenvalue weighted by atomic mass is 9.96. The second kappa shape index (κ2) is 6.35. The minimum Gasteiger partial charge on any atom is -0.342 e. The molecule has 0 unspecified atom stereocenters. The molecule has 2 fully saturated rings.